The molecular weight excluding hydrogens is 403 g/mol. The minimum absolute atomic E-state index is 0.0167. The topological polar surface area (TPSA) is 77.1 Å². The second-order valence-corrected chi connectivity index (χ2v) is 7.13. The van der Waals surface area contributed by atoms with Gasteiger partial charge in [-0.05, 0) is 36.2 Å². The number of benzene rings is 2. The minimum Gasteiger partial charge on any atom is -0.493 e. The Morgan fingerprint density at radius 3 is 2.48 bits per heavy atom. The van der Waals surface area contributed by atoms with Crippen molar-refractivity contribution in [2.24, 2.45) is 0 Å². The van der Waals surface area contributed by atoms with Crippen LogP contribution < -0.4 is 14.8 Å². The molecule has 1 saturated heterocycles. The van der Waals surface area contributed by atoms with Crippen molar-refractivity contribution in [2.75, 3.05) is 38.7 Å². The van der Waals surface area contributed by atoms with Crippen molar-refractivity contribution in [3.63, 3.8) is 0 Å². The van der Waals surface area contributed by atoms with Gasteiger partial charge in [0.15, 0.2) is 23.1 Å². The van der Waals surface area contributed by atoms with E-state index >= 15 is 0 Å². The second kappa shape index (κ2) is 10.8. The third kappa shape index (κ3) is 6.18. The molecule has 7 nitrogen and oxygen atoms in total. The summed E-state index contributed by atoms with van der Waals surface area (Å²) in [6.07, 6.45) is 0.970. The largest absolute Gasteiger partial charge is 0.493 e. The fourth-order valence-electron chi connectivity index (χ4n) is 3.21. The first kappa shape index (κ1) is 22.6. The highest BCUT2D eigenvalue weighted by Gasteiger charge is 2.18. The monoisotopic (exact) mass is 430 g/mol. The molecule has 0 bridgehead atoms. The number of morpholine rings is 1. The first-order valence-corrected chi connectivity index (χ1v) is 10.3. The van der Waals surface area contributed by atoms with Gasteiger partial charge in [0.2, 0.25) is 11.8 Å². The van der Waals surface area contributed by atoms with Crippen LogP contribution >= 0.6 is 0 Å². The number of hydrogen-bond donors (Lipinski definition) is 1. The Bertz CT molecular complexity index is 928. The van der Waals surface area contributed by atoms with Gasteiger partial charge in [-0.25, -0.2) is 4.39 Å². The lowest BCUT2D eigenvalue weighted by Gasteiger charge is -2.26. The summed E-state index contributed by atoms with van der Waals surface area (Å²) in [5.74, 6) is -0.132. The van der Waals surface area contributed by atoms with Gasteiger partial charge in [-0.2, -0.15) is 0 Å². The predicted molar refractivity (Wildman–Crippen MR) is 114 cm³/mol. The Kier molecular flexibility index (Phi) is 7.83. The first-order valence-electron chi connectivity index (χ1n) is 10.3. The summed E-state index contributed by atoms with van der Waals surface area (Å²) in [6.45, 7) is 4.14. The molecule has 0 spiro atoms. The Morgan fingerprint density at radius 2 is 1.81 bits per heavy atom. The molecule has 1 aliphatic heterocycles. The summed E-state index contributed by atoms with van der Waals surface area (Å²) < 4.78 is 30.7. The molecule has 0 saturated carbocycles. The number of carbonyl (C=O) groups excluding carboxylic acids is 2. The molecule has 2 aromatic rings. The van der Waals surface area contributed by atoms with Crippen LogP contribution in [0.5, 0.6) is 17.2 Å². The third-order valence-corrected chi connectivity index (χ3v) is 5.00. The van der Waals surface area contributed by atoms with Crippen LogP contribution in [0.2, 0.25) is 0 Å². The van der Waals surface area contributed by atoms with Crippen LogP contribution in [0, 0.1) is 5.82 Å². The number of methoxy groups -OCH3 is 1. The number of aryl methyl sites for hydroxylation is 1. The maximum absolute atomic E-state index is 14.5. The molecule has 1 heterocycles. The number of amides is 2. The van der Waals surface area contributed by atoms with E-state index in [4.69, 9.17) is 14.2 Å². The summed E-state index contributed by atoms with van der Waals surface area (Å²) in [4.78, 5) is 26.0. The van der Waals surface area contributed by atoms with Gasteiger partial charge in [-0.1, -0.05) is 13.0 Å². The van der Waals surface area contributed by atoms with Crippen molar-refractivity contribution >= 4 is 17.5 Å². The molecule has 2 amide bonds. The summed E-state index contributed by atoms with van der Waals surface area (Å²) in [7, 11) is 1.53. The van der Waals surface area contributed by atoms with Crippen molar-refractivity contribution in [3.05, 3.63) is 47.8 Å². The molecule has 1 N–H and O–H groups in total. The molecule has 1 aliphatic rings. The zero-order chi connectivity index (χ0) is 22.2. The third-order valence-electron chi connectivity index (χ3n) is 5.00. The number of nitrogens with zero attached hydrogens (tertiary/aromatic N) is 1. The average Bonchev–Trinajstić information content (AvgIpc) is 2.80. The Morgan fingerprint density at radius 1 is 1.06 bits per heavy atom. The molecular formula is C23H27FN2O5. The molecule has 0 aromatic heterocycles. The standard InChI is InChI=1S/C23H27FN2O5/c1-3-16-4-6-20(21(14-16)29-2)31-19-7-5-17(15-18(19)24)25-22(27)8-9-23(28)26-10-12-30-13-11-26/h4-7,14-15H,3,8-13H2,1-2H3,(H,25,27). The molecule has 0 radical (unpaired) electrons. The molecule has 1 fully saturated rings. The van der Waals surface area contributed by atoms with Gasteiger partial charge < -0.3 is 24.4 Å². The lowest BCUT2D eigenvalue weighted by atomic mass is 10.1. The number of carbonyl (C=O) groups is 2. The van der Waals surface area contributed by atoms with Crippen LogP contribution in [-0.4, -0.2) is 50.1 Å². The van der Waals surface area contributed by atoms with E-state index in [-0.39, 0.29) is 30.4 Å². The summed E-state index contributed by atoms with van der Waals surface area (Å²) >= 11 is 0. The number of hydrogen-bond acceptors (Lipinski definition) is 5. The molecule has 166 valence electrons. The number of nitrogens with one attached hydrogen (secondary N) is 1. The van der Waals surface area contributed by atoms with E-state index in [1.54, 1.807) is 17.0 Å². The molecule has 0 aliphatic carbocycles. The number of halogens is 1. The first-order chi connectivity index (χ1) is 15.0. The minimum atomic E-state index is -0.621. The smallest absolute Gasteiger partial charge is 0.224 e. The molecule has 3 rings (SSSR count). The Balaban J connectivity index is 1.56. The summed E-state index contributed by atoms with van der Waals surface area (Å²) in [5, 5.41) is 2.62. The second-order valence-electron chi connectivity index (χ2n) is 7.13. The van der Waals surface area contributed by atoms with E-state index in [0.29, 0.717) is 43.5 Å². The van der Waals surface area contributed by atoms with E-state index in [0.717, 1.165) is 12.0 Å². The van der Waals surface area contributed by atoms with Crippen LogP contribution in [0.25, 0.3) is 0 Å². The van der Waals surface area contributed by atoms with Crippen LogP contribution in [0.1, 0.15) is 25.3 Å². The van der Waals surface area contributed by atoms with Gasteiger partial charge in [0.05, 0.1) is 20.3 Å². The fourth-order valence-corrected chi connectivity index (χ4v) is 3.21. The van der Waals surface area contributed by atoms with Crippen molar-refractivity contribution in [3.8, 4) is 17.2 Å². The van der Waals surface area contributed by atoms with Crippen LogP contribution in [0.4, 0.5) is 10.1 Å². The lowest BCUT2D eigenvalue weighted by molar-refractivity contribution is -0.136. The van der Waals surface area contributed by atoms with Crippen LogP contribution in [0.15, 0.2) is 36.4 Å². The summed E-state index contributed by atoms with van der Waals surface area (Å²) in [6, 6.07) is 9.65. The highest BCUT2D eigenvalue weighted by molar-refractivity contribution is 5.93. The maximum Gasteiger partial charge on any atom is 0.224 e. The van der Waals surface area contributed by atoms with E-state index in [1.165, 1.54) is 19.2 Å². The van der Waals surface area contributed by atoms with Gasteiger partial charge in [0, 0.05) is 37.7 Å². The van der Waals surface area contributed by atoms with Crippen molar-refractivity contribution < 1.29 is 28.2 Å². The van der Waals surface area contributed by atoms with Crippen molar-refractivity contribution in [1.82, 2.24) is 4.90 Å². The normalized spacial score (nSPS) is 13.6. The van der Waals surface area contributed by atoms with Crippen molar-refractivity contribution in [1.29, 1.82) is 0 Å². The fraction of sp³-hybridized carbons (Fsp3) is 0.391. The quantitative estimate of drug-likeness (QED) is 0.690. The zero-order valence-electron chi connectivity index (χ0n) is 17.8. The average molecular weight is 430 g/mol. The summed E-state index contributed by atoms with van der Waals surface area (Å²) in [5.41, 5.74) is 1.37. The van der Waals surface area contributed by atoms with E-state index < -0.39 is 5.82 Å². The number of ether oxygens (including phenoxy) is 3. The maximum atomic E-state index is 14.5. The van der Waals surface area contributed by atoms with E-state index in [1.807, 2.05) is 19.1 Å². The van der Waals surface area contributed by atoms with Gasteiger partial charge in [-0.3, -0.25) is 9.59 Å². The van der Waals surface area contributed by atoms with Gasteiger partial charge in [0.1, 0.15) is 0 Å². The Labute approximate surface area is 181 Å². The SMILES string of the molecule is CCc1ccc(Oc2ccc(NC(=O)CCC(=O)N3CCOCC3)cc2F)c(OC)c1. The van der Waals surface area contributed by atoms with Crippen molar-refractivity contribution in [2.45, 2.75) is 26.2 Å². The highest BCUT2D eigenvalue weighted by atomic mass is 19.1. The van der Waals surface area contributed by atoms with Crippen LogP contribution in [0.3, 0.4) is 0 Å². The van der Waals surface area contributed by atoms with Crippen LogP contribution in [-0.2, 0) is 20.7 Å². The van der Waals surface area contributed by atoms with Gasteiger partial charge >= 0.3 is 0 Å². The van der Waals surface area contributed by atoms with E-state index in [2.05, 4.69) is 5.32 Å². The van der Waals surface area contributed by atoms with Gasteiger partial charge in [-0.15, -0.1) is 0 Å². The number of rotatable bonds is 8. The number of anilines is 1. The Hall–Kier alpha value is -3.13. The molecule has 31 heavy (non-hydrogen) atoms. The molecule has 8 heteroatoms. The zero-order valence-corrected chi connectivity index (χ0v) is 17.8. The van der Waals surface area contributed by atoms with E-state index in [9.17, 15) is 14.0 Å². The van der Waals surface area contributed by atoms with Gasteiger partial charge in [0.25, 0.3) is 0 Å². The molecule has 0 unspecified atom stereocenters. The highest BCUT2D eigenvalue weighted by Crippen LogP contribution is 2.34. The predicted octanol–water partition coefficient (Wildman–Crippen LogP) is 3.77. The molecule has 0 atom stereocenters. The lowest BCUT2D eigenvalue weighted by Crippen LogP contribution is -2.40. The molecule has 2 aromatic carbocycles.